The van der Waals surface area contributed by atoms with Crippen LogP contribution in [0.5, 0.6) is 0 Å². The van der Waals surface area contributed by atoms with Gasteiger partial charge in [0.25, 0.3) is 0 Å². The second kappa shape index (κ2) is 6.72. The smallest absolute Gasteiger partial charge is 0.226 e. The predicted molar refractivity (Wildman–Crippen MR) is 87.1 cm³/mol. The molecule has 2 N–H and O–H groups in total. The predicted octanol–water partition coefficient (Wildman–Crippen LogP) is 1.54. The molecular weight excluding hydrogens is 317 g/mol. The SMILES string of the molecule is O=C(Cc1ccn(-c2ccc(F)cc2)n1)NCC1(O)CCSC1. The van der Waals surface area contributed by atoms with Crippen molar-refractivity contribution in [1.29, 1.82) is 0 Å². The normalized spacial score (nSPS) is 20.6. The van der Waals surface area contributed by atoms with Crippen LogP contribution in [0.15, 0.2) is 36.5 Å². The molecule has 23 heavy (non-hydrogen) atoms. The minimum absolute atomic E-state index is 0.150. The molecule has 2 heterocycles. The van der Waals surface area contributed by atoms with Crippen LogP contribution in [0.1, 0.15) is 12.1 Å². The van der Waals surface area contributed by atoms with Gasteiger partial charge in [0, 0.05) is 18.5 Å². The molecule has 1 saturated heterocycles. The van der Waals surface area contributed by atoms with E-state index in [2.05, 4.69) is 10.4 Å². The van der Waals surface area contributed by atoms with E-state index >= 15 is 0 Å². The number of carbonyl (C=O) groups excluding carboxylic acids is 1. The maximum Gasteiger partial charge on any atom is 0.226 e. The average molecular weight is 335 g/mol. The molecule has 1 atom stereocenters. The number of rotatable bonds is 5. The lowest BCUT2D eigenvalue weighted by atomic mass is 10.0. The van der Waals surface area contributed by atoms with Gasteiger partial charge in [-0.3, -0.25) is 4.79 Å². The van der Waals surface area contributed by atoms with E-state index in [1.807, 2.05) is 0 Å². The maximum absolute atomic E-state index is 12.9. The minimum atomic E-state index is -0.784. The summed E-state index contributed by atoms with van der Waals surface area (Å²) in [6.07, 6.45) is 2.59. The van der Waals surface area contributed by atoms with Crippen molar-refractivity contribution < 1.29 is 14.3 Å². The Kier molecular flexibility index (Phi) is 4.68. The van der Waals surface area contributed by atoms with Gasteiger partial charge in [-0.15, -0.1) is 0 Å². The van der Waals surface area contributed by atoms with Crippen LogP contribution >= 0.6 is 11.8 Å². The third-order valence-corrected chi connectivity index (χ3v) is 5.01. The van der Waals surface area contributed by atoms with Gasteiger partial charge >= 0.3 is 0 Å². The molecule has 0 bridgehead atoms. The molecule has 0 saturated carbocycles. The van der Waals surface area contributed by atoms with E-state index in [-0.39, 0.29) is 24.7 Å². The molecule has 1 aromatic carbocycles. The Bertz CT molecular complexity index is 681. The fourth-order valence-corrected chi connectivity index (χ4v) is 3.71. The molecule has 0 aliphatic carbocycles. The van der Waals surface area contributed by atoms with Crippen LogP contribution in [0.2, 0.25) is 0 Å². The van der Waals surface area contributed by atoms with Crippen molar-refractivity contribution in [2.75, 3.05) is 18.1 Å². The number of amides is 1. The lowest BCUT2D eigenvalue weighted by Gasteiger charge is -2.21. The molecule has 1 amide bonds. The standard InChI is InChI=1S/C16H18FN3O2S/c17-12-1-3-14(4-2-12)20-7-5-13(19-20)9-15(21)18-10-16(22)6-8-23-11-16/h1-5,7,22H,6,8-11H2,(H,18,21). The number of nitrogens with one attached hydrogen (secondary N) is 1. The summed E-state index contributed by atoms with van der Waals surface area (Å²) in [5, 5.41) is 17.3. The van der Waals surface area contributed by atoms with Gasteiger partial charge in [0.2, 0.25) is 5.91 Å². The lowest BCUT2D eigenvalue weighted by molar-refractivity contribution is -0.121. The molecular formula is C16H18FN3O2S. The molecule has 2 aromatic rings. The number of hydrogen-bond donors (Lipinski definition) is 2. The van der Waals surface area contributed by atoms with Crippen molar-refractivity contribution in [3.8, 4) is 5.69 Å². The van der Waals surface area contributed by atoms with Gasteiger partial charge in [0.1, 0.15) is 5.82 Å². The molecule has 1 fully saturated rings. The van der Waals surface area contributed by atoms with Crippen molar-refractivity contribution in [1.82, 2.24) is 15.1 Å². The van der Waals surface area contributed by atoms with Crippen LogP contribution in [0.3, 0.4) is 0 Å². The molecule has 1 unspecified atom stereocenters. The zero-order valence-electron chi connectivity index (χ0n) is 12.5. The molecule has 0 spiro atoms. The first kappa shape index (κ1) is 16.0. The largest absolute Gasteiger partial charge is 0.387 e. The number of nitrogens with zero attached hydrogens (tertiary/aromatic N) is 2. The summed E-state index contributed by atoms with van der Waals surface area (Å²) in [4.78, 5) is 12.0. The van der Waals surface area contributed by atoms with Crippen molar-refractivity contribution >= 4 is 17.7 Å². The van der Waals surface area contributed by atoms with Gasteiger partial charge in [-0.05, 0) is 42.5 Å². The monoisotopic (exact) mass is 335 g/mol. The second-order valence-corrected chi connectivity index (χ2v) is 6.81. The minimum Gasteiger partial charge on any atom is -0.387 e. The molecule has 0 radical (unpaired) electrons. The zero-order chi connectivity index (χ0) is 16.3. The van der Waals surface area contributed by atoms with Crippen LogP contribution in [-0.4, -0.2) is 44.4 Å². The maximum atomic E-state index is 12.9. The Balaban J connectivity index is 1.56. The van der Waals surface area contributed by atoms with Crippen LogP contribution in [0.25, 0.3) is 5.69 Å². The van der Waals surface area contributed by atoms with E-state index in [1.165, 1.54) is 12.1 Å². The van der Waals surface area contributed by atoms with Crippen LogP contribution in [-0.2, 0) is 11.2 Å². The van der Waals surface area contributed by atoms with Crippen molar-refractivity contribution in [2.45, 2.75) is 18.4 Å². The number of benzene rings is 1. The average Bonchev–Trinajstić information content (AvgIpc) is 3.16. The highest BCUT2D eigenvalue weighted by Gasteiger charge is 2.31. The van der Waals surface area contributed by atoms with E-state index in [4.69, 9.17) is 0 Å². The van der Waals surface area contributed by atoms with Crippen molar-refractivity contribution in [2.24, 2.45) is 0 Å². The molecule has 1 aliphatic rings. The van der Waals surface area contributed by atoms with Gasteiger partial charge in [-0.1, -0.05) is 0 Å². The molecule has 5 nitrogen and oxygen atoms in total. The number of aromatic nitrogens is 2. The highest BCUT2D eigenvalue weighted by atomic mass is 32.2. The summed E-state index contributed by atoms with van der Waals surface area (Å²) >= 11 is 1.69. The number of halogens is 1. The lowest BCUT2D eigenvalue weighted by Crippen LogP contribution is -2.43. The first-order valence-corrected chi connectivity index (χ1v) is 8.57. The van der Waals surface area contributed by atoms with Gasteiger partial charge in [-0.25, -0.2) is 9.07 Å². The Hall–Kier alpha value is -1.86. The van der Waals surface area contributed by atoms with Crippen LogP contribution in [0, 0.1) is 5.82 Å². The van der Waals surface area contributed by atoms with E-state index in [0.717, 1.165) is 11.4 Å². The molecule has 122 valence electrons. The van der Waals surface area contributed by atoms with Crippen LogP contribution < -0.4 is 5.32 Å². The Labute approximate surface area is 137 Å². The van der Waals surface area contributed by atoms with Crippen LogP contribution in [0.4, 0.5) is 4.39 Å². The van der Waals surface area contributed by atoms with Crippen molar-refractivity contribution in [3.63, 3.8) is 0 Å². The molecule has 1 aliphatic heterocycles. The fraction of sp³-hybridized carbons (Fsp3) is 0.375. The van der Waals surface area contributed by atoms with Gasteiger partial charge < -0.3 is 10.4 Å². The summed E-state index contributed by atoms with van der Waals surface area (Å²) in [7, 11) is 0. The number of aliphatic hydroxyl groups is 1. The van der Waals surface area contributed by atoms with E-state index in [1.54, 1.807) is 40.8 Å². The number of hydrogen-bond acceptors (Lipinski definition) is 4. The highest BCUT2D eigenvalue weighted by Crippen LogP contribution is 2.26. The topological polar surface area (TPSA) is 67.2 Å². The van der Waals surface area contributed by atoms with Crippen molar-refractivity contribution in [3.05, 3.63) is 48.0 Å². The second-order valence-electron chi connectivity index (χ2n) is 5.71. The first-order chi connectivity index (χ1) is 11.0. The summed E-state index contributed by atoms with van der Waals surface area (Å²) in [6, 6.07) is 7.73. The third-order valence-electron chi connectivity index (χ3n) is 3.77. The number of thioether (sulfide) groups is 1. The highest BCUT2D eigenvalue weighted by molar-refractivity contribution is 7.99. The van der Waals surface area contributed by atoms with Gasteiger partial charge in [-0.2, -0.15) is 16.9 Å². The zero-order valence-corrected chi connectivity index (χ0v) is 13.4. The Morgan fingerprint density at radius 1 is 1.39 bits per heavy atom. The summed E-state index contributed by atoms with van der Waals surface area (Å²) < 4.78 is 14.5. The first-order valence-electron chi connectivity index (χ1n) is 7.41. The van der Waals surface area contributed by atoms with Gasteiger partial charge in [0.05, 0.1) is 23.4 Å². The summed E-state index contributed by atoms with van der Waals surface area (Å²) in [6.45, 7) is 0.275. The quantitative estimate of drug-likeness (QED) is 0.870. The summed E-state index contributed by atoms with van der Waals surface area (Å²) in [5.74, 6) is 1.11. The molecule has 1 aromatic heterocycles. The van der Waals surface area contributed by atoms with E-state index in [9.17, 15) is 14.3 Å². The Morgan fingerprint density at radius 2 is 2.17 bits per heavy atom. The van der Waals surface area contributed by atoms with E-state index < -0.39 is 5.60 Å². The van der Waals surface area contributed by atoms with E-state index in [0.29, 0.717) is 17.9 Å². The fourth-order valence-electron chi connectivity index (χ4n) is 2.42. The number of carbonyl (C=O) groups is 1. The summed E-state index contributed by atoms with van der Waals surface area (Å²) in [5.41, 5.74) is 0.573. The molecule has 7 heteroatoms. The third kappa shape index (κ3) is 4.11. The Morgan fingerprint density at radius 3 is 2.87 bits per heavy atom. The molecule has 3 rings (SSSR count). The van der Waals surface area contributed by atoms with Gasteiger partial charge in [0.15, 0.2) is 0 Å².